The fraction of sp³-hybridized carbons (Fsp3) is 1.00. The molecule has 0 N–H and O–H groups in total. The van der Waals surface area contributed by atoms with Crippen molar-refractivity contribution in [2.24, 2.45) is 0 Å². The van der Waals surface area contributed by atoms with Gasteiger partial charge in [0, 0.05) is 19.1 Å². The number of likely N-dealkylation sites (tertiary alicyclic amines) is 1. The average molecular weight is 156 g/mol. The molecule has 0 aromatic heterocycles. The van der Waals surface area contributed by atoms with E-state index in [9.17, 15) is 0 Å². The van der Waals surface area contributed by atoms with Crippen LogP contribution in [0.3, 0.4) is 0 Å². The van der Waals surface area contributed by atoms with E-state index in [1.165, 1.54) is 32.5 Å². The summed E-state index contributed by atoms with van der Waals surface area (Å²) in [6, 6.07) is 0.826. The van der Waals surface area contributed by atoms with Crippen molar-refractivity contribution in [1.29, 1.82) is 0 Å². The highest BCUT2D eigenvalue weighted by molar-refractivity contribution is 4.84. The summed E-state index contributed by atoms with van der Waals surface area (Å²) in [5.41, 5.74) is 0. The second-order valence-corrected chi connectivity index (χ2v) is 3.73. The molecule has 1 aliphatic rings. The van der Waals surface area contributed by atoms with Crippen LogP contribution in [0.2, 0.25) is 0 Å². The predicted molar refractivity (Wildman–Crippen MR) is 48.8 cm³/mol. The molecule has 0 saturated carbocycles. The van der Waals surface area contributed by atoms with Crippen molar-refractivity contribution in [2.45, 2.75) is 25.8 Å². The molecule has 0 atom stereocenters. The summed E-state index contributed by atoms with van der Waals surface area (Å²) in [4.78, 5) is 4.86. The number of likely N-dealkylation sites (N-methyl/N-ethyl adjacent to an activating group) is 1. The third kappa shape index (κ3) is 2.46. The van der Waals surface area contributed by atoms with Gasteiger partial charge in [0.25, 0.3) is 0 Å². The normalized spacial score (nSPS) is 20.7. The highest BCUT2D eigenvalue weighted by Gasteiger charge is 2.26. The van der Waals surface area contributed by atoms with Gasteiger partial charge in [-0.3, -0.25) is 0 Å². The lowest BCUT2D eigenvalue weighted by Crippen LogP contribution is -2.57. The number of hydrogen-bond acceptors (Lipinski definition) is 2. The van der Waals surface area contributed by atoms with E-state index < -0.39 is 0 Å². The first-order chi connectivity index (χ1) is 5.24. The summed E-state index contributed by atoms with van der Waals surface area (Å²) >= 11 is 0. The van der Waals surface area contributed by atoms with Crippen LogP contribution in [0, 0.1) is 0 Å². The standard InChI is InChI=1S/C9H20N2/c1-4-5-6-11-7-9(8-11)10(2)3/h9H,4-8H2,1-3H3. The second-order valence-electron chi connectivity index (χ2n) is 3.73. The van der Waals surface area contributed by atoms with Crippen molar-refractivity contribution >= 4 is 0 Å². The van der Waals surface area contributed by atoms with Gasteiger partial charge in [-0.05, 0) is 27.1 Å². The second kappa shape index (κ2) is 4.07. The number of unbranched alkanes of at least 4 members (excludes halogenated alkanes) is 1. The van der Waals surface area contributed by atoms with Gasteiger partial charge in [-0.2, -0.15) is 0 Å². The Kier molecular flexibility index (Phi) is 3.34. The Morgan fingerprint density at radius 2 is 2.00 bits per heavy atom. The Bertz CT molecular complexity index is 106. The minimum Gasteiger partial charge on any atom is -0.304 e. The molecule has 2 heteroatoms. The maximum atomic E-state index is 2.54. The first-order valence-electron chi connectivity index (χ1n) is 4.62. The van der Waals surface area contributed by atoms with Crippen LogP contribution in [-0.2, 0) is 0 Å². The summed E-state index contributed by atoms with van der Waals surface area (Å²) in [6.07, 6.45) is 2.68. The summed E-state index contributed by atoms with van der Waals surface area (Å²) < 4.78 is 0. The van der Waals surface area contributed by atoms with E-state index in [-0.39, 0.29) is 0 Å². The zero-order valence-electron chi connectivity index (χ0n) is 8.01. The van der Waals surface area contributed by atoms with Crippen molar-refractivity contribution in [2.75, 3.05) is 33.7 Å². The lowest BCUT2D eigenvalue weighted by Gasteiger charge is -2.42. The van der Waals surface area contributed by atoms with Gasteiger partial charge in [0.2, 0.25) is 0 Å². The van der Waals surface area contributed by atoms with Crippen LogP contribution < -0.4 is 0 Å². The van der Waals surface area contributed by atoms with E-state index >= 15 is 0 Å². The molecule has 0 radical (unpaired) electrons. The zero-order chi connectivity index (χ0) is 8.27. The molecule has 2 nitrogen and oxygen atoms in total. The Morgan fingerprint density at radius 3 is 2.45 bits per heavy atom. The van der Waals surface area contributed by atoms with Crippen molar-refractivity contribution in [3.05, 3.63) is 0 Å². The van der Waals surface area contributed by atoms with Gasteiger partial charge >= 0.3 is 0 Å². The van der Waals surface area contributed by atoms with Crippen LogP contribution in [-0.4, -0.2) is 49.6 Å². The van der Waals surface area contributed by atoms with E-state index in [1.807, 2.05) is 0 Å². The van der Waals surface area contributed by atoms with Crippen molar-refractivity contribution in [3.8, 4) is 0 Å². The topological polar surface area (TPSA) is 6.48 Å². The molecule has 0 aliphatic carbocycles. The van der Waals surface area contributed by atoms with Crippen molar-refractivity contribution in [1.82, 2.24) is 9.80 Å². The number of hydrogen-bond donors (Lipinski definition) is 0. The smallest absolute Gasteiger partial charge is 0.0344 e. The molecule has 0 aromatic rings. The van der Waals surface area contributed by atoms with Gasteiger partial charge in [0.1, 0.15) is 0 Å². The number of rotatable bonds is 4. The molecule has 0 spiro atoms. The quantitative estimate of drug-likeness (QED) is 0.600. The molecule has 66 valence electrons. The van der Waals surface area contributed by atoms with Gasteiger partial charge in [0.15, 0.2) is 0 Å². The van der Waals surface area contributed by atoms with Crippen LogP contribution in [0.5, 0.6) is 0 Å². The Labute approximate surface area is 70.2 Å². The maximum Gasteiger partial charge on any atom is 0.0344 e. The maximum absolute atomic E-state index is 2.54. The first kappa shape index (κ1) is 9.01. The SMILES string of the molecule is CCCCN1CC(N(C)C)C1. The fourth-order valence-electron chi connectivity index (χ4n) is 1.43. The van der Waals surface area contributed by atoms with Gasteiger partial charge < -0.3 is 9.80 Å². The van der Waals surface area contributed by atoms with E-state index in [0.717, 1.165) is 6.04 Å². The van der Waals surface area contributed by atoms with E-state index in [4.69, 9.17) is 0 Å². The molecule has 1 aliphatic heterocycles. The fourth-order valence-corrected chi connectivity index (χ4v) is 1.43. The molecule has 1 saturated heterocycles. The van der Waals surface area contributed by atoms with E-state index in [2.05, 4.69) is 30.8 Å². The van der Waals surface area contributed by atoms with Crippen LogP contribution in [0.1, 0.15) is 19.8 Å². The highest BCUT2D eigenvalue weighted by atomic mass is 15.3. The van der Waals surface area contributed by atoms with Crippen LogP contribution >= 0.6 is 0 Å². The molecule has 11 heavy (non-hydrogen) atoms. The third-order valence-electron chi connectivity index (χ3n) is 2.50. The van der Waals surface area contributed by atoms with Crippen molar-refractivity contribution in [3.63, 3.8) is 0 Å². The monoisotopic (exact) mass is 156 g/mol. The van der Waals surface area contributed by atoms with Crippen LogP contribution in [0.15, 0.2) is 0 Å². The Balaban J connectivity index is 2.00. The first-order valence-corrected chi connectivity index (χ1v) is 4.62. The minimum absolute atomic E-state index is 0.826. The lowest BCUT2D eigenvalue weighted by atomic mass is 10.1. The summed E-state index contributed by atoms with van der Waals surface area (Å²) in [5.74, 6) is 0. The average Bonchev–Trinajstić information content (AvgIpc) is 1.84. The summed E-state index contributed by atoms with van der Waals surface area (Å²) in [6.45, 7) is 6.13. The Hall–Kier alpha value is -0.0800. The molecule has 1 heterocycles. The molecule has 1 rings (SSSR count). The molecule has 0 amide bonds. The molecule has 0 unspecified atom stereocenters. The molecular formula is C9H20N2. The summed E-state index contributed by atoms with van der Waals surface area (Å²) in [7, 11) is 4.34. The zero-order valence-corrected chi connectivity index (χ0v) is 8.01. The van der Waals surface area contributed by atoms with Crippen LogP contribution in [0.4, 0.5) is 0 Å². The largest absolute Gasteiger partial charge is 0.304 e. The lowest BCUT2D eigenvalue weighted by molar-refractivity contribution is 0.0628. The summed E-state index contributed by atoms with van der Waals surface area (Å²) in [5, 5.41) is 0. The number of nitrogens with zero attached hydrogens (tertiary/aromatic N) is 2. The Morgan fingerprint density at radius 1 is 1.36 bits per heavy atom. The molecule has 1 fully saturated rings. The minimum atomic E-state index is 0.826. The van der Waals surface area contributed by atoms with Crippen molar-refractivity contribution < 1.29 is 0 Å². The van der Waals surface area contributed by atoms with Crippen LogP contribution in [0.25, 0.3) is 0 Å². The van der Waals surface area contributed by atoms with Gasteiger partial charge in [-0.1, -0.05) is 13.3 Å². The molecule has 0 aromatic carbocycles. The molecular weight excluding hydrogens is 136 g/mol. The van der Waals surface area contributed by atoms with Gasteiger partial charge in [-0.25, -0.2) is 0 Å². The van der Waals surface area contributed by atoms with Gasteiger partial charge in [-0.15, -0.1) is 0 Å². The van der Waals surface area contributed by atoms with E-state index in [1.54, 1.807) is 0 Å². The highest BCUT2D eigenvalue weighted by Crippen LogP contribution is 2.12. The van der Waals surface area contributed by atoms with E-state index in [0.29, 0.717) is 0 Å². The van der Waals surface area contributed by atoms with Gasteiger partial charge in [0.05, 0.1) is 0 Å². The molecule has 0 bridgehead atoms. The third-order valence-corrected chi connectivity index (χ3v) is 2.50. The predicted octanol–water partition coefficient (Wildman–Crippen LogP) is 1.03.